The number of rotatable bonds is 9. The number of carbonyl (C=O) groups is 2. The second-order valence-electron chi connectivity index (χ2n) is 5.80. The predicted octanol–water partition coefficient (Wildman–Crippen LogP) is 3.08. The van der Waals surface area contributed by atoms with Crippen molar-refractivity contribution < 1.29 is 19.4 Å². The number of carboxylic acids is 1. The molecule has 2 aromatic rings. The van der Waals surface area contributed by atoms with Gasteiger partial charge in [-0.3, -0.25) is 4.79 Å². The van der Waals surface area contributed by atoms with E-state index in [2.05, 4.69) is 5.32 Å². The molecule has 1 amide bonds. The Kier molecular flexibility index (Phi) is 7.01. The summed E-state index contributed by atoms with van der Waals surface area (Å²) in [4.78, 5) is 22.6. The summed E-state index contributed by atoms with van der Waals surface area (Å²) in [5.74, 6) is -0.0646. The third-order valence-electron chi connectivity index (χ3n) is 3.97. The summed E-state index contributed by atoms with van der Waals surface area (Å²) in [7, 11) is 1.64. The van der Waals surface area contributed by atoms with Crippen LogP contribution in [-0.2, 0) is 17.6 Å². The van der Waals surface area contributed by atoms with E-state index in [1.807, 2.05) is 24.3 Å². The van der Waals surface area contributed by atoms with Crippen LogP contribution in [0.15, 0.2) is 48.5 Å². The van der Waals surface area contributed by atoms with E-state index in [0.717, 1.165) is 24.2 Å². The van der Waals surface area contributed by atoms with Crippen molar-refractivity contribution in [2.75, 3.05) is 13.7 Å². The van der Waals surface area contributed by atoms with E-state index in [9.17, 15) is 9.59 Å². The van der Waals surface area contributed by atoms with Crippen molar-refractivity contribution in [2.45, 2.75) is 25.7 Å². The van der Waals surface area contributed by atoms with Gasteiger partial charge in [-0.2, -0.15) is 0 Å². The highest BCUT2D eigenvalue weighted by molar-refractivity contribution is 5.87. The SMILES string of the molecule is COc1ccc(CCCC(=O)NCCc2ccc(C(=O)O)cc2)cc1. The first kappa shape index (κ1) is 18.5. The maximum absolute atomic E-state index is 11.9. The molecule has 0 aromatic heterocycles. The molecule has 0 spiro atoms. The number of carboxylic acid groups (broad SMARTS) is 1. The maximum atomic E-state index is 11.9. The number of carbonyl (C=O) groups excluding carboxylic acids is 1. The molecule has 132 valence electrons. The quantitative estimate of drug-likeness (QED) is 0.735. The zero-order chi connectivity index (χ0) is 18.1. The standard InChI is InChI=1S/C20H23NO4/c1-25-18-11-7-15(8-12-18)3-2-4-19(22)21-14-13-16-5-9-17(10-6-16)20(23)24/h5-12H,2-4,13-14H2,1H3,(H,21,22)(H,23,24). The second-order valence-corrected chi connectivity index (χ2v) is 5.80. The monoisotopic (exact) mass is 341 g/mol. The van der Waals surface area contributed by atoms with Crippen molar-refractivity contribution in [3.63, 3.8) is 0 Å². The molecule has 0 aliphatic heterocycles. The number of amides is 1. The minimum atomic E-state index is -0.934. The lowest BCUT2D eigenvalue weighted by atomic mass is 10.1. The number of nitrogens with one attached hydrogen (secondary N) is 1. The Hall–Kier alpha value is -2.82. The van der Waals surface area contributed by atoms with Gasteiger partial charge in [-0.15, -0.1) is 0 Å². The van der Waals surface area contributed by atoms with Crippen LogP contribution in [-0.4, -0.2) is 30.6 Å². The Morgan fingerprint density at radius 1 is 0.960 bits per heavy atom. The van der Waals surface area contributed by atoms with Gasteiger partial charge < -0.3 is 15.2 Å². The summed E-state index contributed by atoms with van der Waals surface area (Å²) in [5, 5.41) is 11.8. The van der Waals surface area contributed by atoms with Crippen LogP contribution in [0.25, 0.3) is 0 Å². The van der Waals surface area contributed by atoms with E-state index in [1.165, 1.54) is 5.56 Å². The van der Waals surface area contributed by atoms with E-state index in [4.69, 9.17) is 9.84 Å². The molecule has 0 radical (unpaired) electrons. The lowest BCUT2D eigenvalue weighted by Gasteiger charge is -2.06. The van der Waals surface area contributed by atoms with Gasteiger partial charge in [-0.1, -0.05) is 24.3 Å². The van der Waals surface area contributed by atoms with Crippen LogP contribution >= 0.6 is 0 Å². The van der Waals surface area contributed by atoms with Gasteiger partial charge in [0.15, 0.2) is 0 Å². The highest BCUT2D eigenvalue weighted by Gasteiger charge is 2.04. The number of hydrogen-bond donors (Lipinski definition) is 2. The molecule has 0 aliphatic carbocycles. The smallest absolute Gasteiger partial charge is 0.335 e. The molecular weight excluding hydrogens is 318 g/mol. The fourth-order valence-corrected chi connectivity index (χ4v) is 2.49. The minimum Gasteiger partial charge on any atom is -0.497 e. The number of aromatic carboxylic acids is 1. The van der Waals surface area contributed by atoms with Crippen molar-refractivity contribution in [1.29, 1.82) is 0 Å². The first-order valence-electron chi connectivity index (χ1n) is 8.30. The molecular formula is C20H23NO4. The van der Waals surface area contributed by atoms with Crippen LogP contribution in [0.1, 0.15) is 34.3 Å². The van der Waals surface area contributed by atoms with Gasteiger partial charge >= 0.3 is 5.97 Å². The van der Waals surface area contributed by atoms with Gasteiger partial charge in [-0.05, 0) is 54.7 Å². The van der Waals surface area contributed by atoms with Crippen LogP contribution in [0, 0.1) is 0 Å². The third kappa shape index (κ3) is 6.30. The summed E-state index contributed by atoms with van der Waals surface area (Å²) in [6.07, 6.45) is 2.83. The number of aryl methyl sites for hydroxylation is 1. The van der Waals surface area contributed by atoms with Crippen molar-refractivity contribution in [2.24, 2.45) is 0 Å². The second kappa shape index (κ2) is 9.47. The zero-order valence-corrected chi connectivity index (χ0v) is 14.3. The van der Waals surface area contributed by atoms with E-state index in [0.29, 0.717) is 19.4 Å². The van der Waals surface area contributed by atoms with Gasteiger partial charge in [0.1, 0.15) is 5.75 Å². The van der Waals surface area contributed by atoms with Gasteiger partial charge in [0, 0.05) is 13.0 Å². The number of hydrogen-bond acceptors (Lipinski definition) is 3. The van der Waals surface area contributed by atoms with Crippen LogP contribution in [0.3, 0.4) is 0 Å². The summed E-state index contributed by atoms with van der Waals surface area (Å²) >= 11 is 0. The van der Waals surface area contributed by atoms with Gasteiger partial charge in [0.25, 0.3) is 0 Å². The van der Waals surface area contributed by atoms with E-state index in [1.54, 1.807) is 31.4 Å². The molecule has 2 rings (SSSR count). The number of methoxy groups -OCH3 is 1. The zero-order valence-electron chi connectivity index (χ0n) is 14.3. The molecule has 0 heterocycles. The van der Waals surface area contributed by atoms with Crippen LogP contribution in [0.5, 0.6) is 5.75 Å². The average Bonchev–Trinajstić information content (AvgIpc) is 2.63. The van der Waals surface area contributed by atoms with Crippen LogP contribution in [0.4, 0.5) is 0 Å². The molecule has 0 bridgehead atoms. The van der Waals surface area contributed by atoms with Crippen molar-refractivity contribution in [3.05, 3.63) is 65.2 Å². The lowest BCUT2D eigenvalue weighted by molar-refractivity contribution is -0.121. The Bertz CT molecular complexity index is 693. The van der Waals surface area contributed by atoms with Crippen molar-refractivity contribution >= 4 is 11.9 Å². The Labute approximate surface area is 147 Å². The molecule has 2 aromatic carbocycles. The first-order chi connectivity index (χ1) is 12.1. The molecule has 0 unspecified atom stereocenters. The Balaban J connectivity index is 1.64. The summed E-state index contributed by atoms with van der Waals surface area (Å²) < 4.78 is 5.12. The number of ether oxygens (including phenoxy) is 1. The molecule has 5 heteroatoms. The van der Waals surface area contributed by atoms with Crippen LogP contribution in [0.2, 0.25) is 0 Å². The fourth-order valence-electron chi connectivity index (χ4n) is 2.49. The topological polar surface area (TPSA) is 75.6 Å². The predicted molar refractivity (Wildman–Crippen MR) is 96.0 cm³/mol. The summed E-state index contributed by atoms with van der Waals surface area (Å²) in [6.45, 7) is 0.549. The largest absolute Gasteiger partial charge is 0.497 e. The molecule has 25 heavy (non-hydrogen) atoms. The minimum absolute atomic E-state index is 0.0377. The number of benzene rings is 2. The maximum Gasteiger partial charge on any atom is 0.335 e. The summed E-state index contributed by atoms with van der Waals surface area (Å²) in [5.41, 5.74) is 2.46. The van der Waals surface area contributed by atoms with Gasteiger partial charge in [0.2, 0.25) is 5.91 Å². The molecule has 0 atom stereocenters. The van der Waals surface area contributed by atoms with Crippen molar-refractivity contribution in [3.8, 4) is 5.75 Å². The van der Waals surface area contributed by atoms with E-state index < -0.39 is 5.97 Å². The van der Waals surface area contributed by atoms with Crippen molar-refractivity contribution in [1.82, 2.24) is 5.32 Å². The fraction of sp³-hybridized carbons (Fsp3) is 0.300. The van der Waals surface area contributed by atoms with Gasteiger partial charge in [-0.25, -0.2) is 4.79 Å². The van der Waals surface area contributed by atoms with Crippen LogP contribution < -0.4 is 10.1 Å². The Morgan fingerprint density at radius 3 is 2.16 bits per heavy atom. The summed E-state index contributed by atoms with van der Waals surface area (Å²) in [6, 6.07) is 14.6. The average molecular weight is 341 g/mol. The highest BCUT2D eigenvalue weighted by atomic mass is 16.5. The Morgan fingerprint density at radius 2 is 1.56 bits per heavy atom. The van der Waals surface area contributed by atoms with Gasteiger partial charge in [0.05, 0.1) is 12.7 Å². The lowest BCUT2D eigenvalue weighted by Crippen LogP contribution is -2.25. The molecule has 5 nitrogen and oxygen atoms in total. The third-order valence-corrected chi connectivity index (χ3v) is 3.97. The molecule has 0 aliphatic rings. The first-order valence-corrected chi connectivity index (χ1v) is 8.30. The van der Waals surface area contributed by atoms with E-state index in [-0.39, 0.29) is 11.5 Å². The highest BCUT2D eigenvalue weighted by Crippen LogP contribution is 2.13. The molecule has 0 saturated heterocycles. The van der Waals surface area contributed by atoms with E-state index >= 15 is 0 Å². The molecule has 2 N–H and O–H groups in total. The normalized spacial score (nSPS) is 10.3. The molecule has 0 fully saturated rings. The molecule has 0 saturated carbocycles.